The summed E-state index contributed by atoms with van der Waals surface area (Å²) in [5.41, 5.74) is 5.64. The van der Waals surface area contributed by atoms with Gasteiger partial charge in [-0.25, -0.2) is 4.79 Å². The minimum absolute atomic E-state index is 0.377. The predicted octanol–water partition coefficient (Wildman–Crippen LogP) is 4.52. The number of carboxylic acids is 1. The Morgan fingerprint density at radius 1 is 0.957 bits per heavy atom. The minimum atomic E-state index is -0.873. The van der Waals surface area contributed by atoms with Crippen LogP contribution in [0.15, 0.2) is 60.7 Å². The number of carboxylic acid groups (broad SMARTS) is 1. The molecule has 0 unspecified atom stereocenters. The third-order valence-corrected chi connectivity index (χ3v) is 4.18. The Bertz CT molecular complexity index is 847. The zero-order chi connectivity index (χ0) is 16.4. The first-order valence-electron chi connectivity index (χ1n) is 7.60. The zero-order valence-corrected chi connectivity index (χ0v) is 13.3. The van der Waals surface area contributed by atoms with Crippen molar-refractivity contribution in [1.82, 2.24) is 4.57 Å². The molecule has 3 rings (SSSR count). The quantitative estimate of drug-likeness (QED) is 0.770. The normalized spacial score (nSPS) is 10.7. The molecule has 0 radical (unpaired) electrons. The summed E-state index contributed by atoms with van der Waals surface area (Å²) in [6, 6.07) is 20.4. The molecular weight excluding hydrogens is 286 g/mol. The van der Waals surface area contributed by atoms with Crippen LogP contribution in [0.3, 0.4) is 0 Å². The number of aromatic carboxylic acids is 1. The first-order chi connectivity index (χ1) is 11.1. The Hall–Kier alpha value is -2.81. The molecule has 3 heteroatoms. The first-order valence-corrected chi connectivity index (χ1v) is 7.60. The number of aromatic nitrogens is 1. The molecule has 0 saturated heterocycles. The molecule has 1 aromatic heterocycles. The van der Waals surface area contributed by atoms with Crippen LogP contribution in [0.2, 0.25) is 0 Å². The van der Waals surface area contributed by atoms with Gasteiger partial charge in [0.2, 0.25) is 0 Å². The van der Waals surface area contributed by atoms with Gasteiger partial charge in [-0.15, -0.1) is 0 Å². The second-order valence-electron chi connectivity index (χ2n) is 5.74. The molecular formula is C20H19NO2. The van der Waals surface area contributed by atoms with Gasteiger partial charge in [-0.2, -0.15) is 0 Å². The molecule has 23 heavy (non-hydrogen) atoms. The summed E-state index contributed by atoms with van der Waals surface area (Å²) in [7, 11) is 0. The van der Waals surface area contributed by atoms with Crippen LogP contribution in [0.25, 0.3) is 11.1 Å². The molecule has 116 valence electrons. The van der Waals surface area contributed by atoms with E-state index in [0.717, 1.165) is 17.0 Å². The van der Waals surface area contributed by atoms with E-state index in [1.165, 1.54) is 11.1 Å². The number of rotatable bonds is 4. The van der Waals surface area contributed by atoms with Crippen molar-refractivity contribution in [3.05, 3.63) is 83.2 Å². The van der Waals surface area contributed by atoms with Crippen LogP contribution in [0.1, 0.15) is 27.3 Å². The van der Waals surface area contributed by atoms with Gasteiger partial charge >= 0.3 is 5.97 Å². The van der Waals surface area contributed by atoms with Gasteiger partial charge in [0.15, 0.2) is 0 Å². The van der Waals surface area contributed by atoms with Crippen molar-refractivity contribution in [3.63, 3.8) is 0 Å². The third-order valence-electron chi connectivity index (χ3n) is 4.18. The molecule has 0 saturated carbocycles. The van der Waals surface area contributed by atoms with Gasteiger partial charge in [-0.3, -0.25) is 0 Å². The van der Waals surface area contributed by atoms with E-state index < -0.39 is 5.97 Å². The van der Waals surface area contributed by atoms with E-state index in [1.54, 1.807) is 6.07 Å². The monoisotopic (exact) mass is 305 g/mol. The van der Waals surface area contributed by atoms with Gasteiger partial charge in [0, 0.05) is 17.9 Å². The van der Waals surface area contributed by atoms with Crippen molar-refractivity contribution in [3.8, 4) is 11.1 Å². The average molecular weight is 305 g/mol. The highest BCUT2D eigenvalue weighted by Crippen LogP contribution is 2.22. The number of aryl methyl sites for hydroxylation is 1. The number of benzene rings is 2. The van der Waals surface area contributed by atoms with E-state index in [9.17, 15) is 9.90 Å². The Morgan fingerprint density at radius 2 is 1.65 bits per heavy atom. The van der Waals surface area contributed by atoms with E-state index in [4.69, 9.17) is 0 Å². The third kappa shape index (κ3) is 3.04. The van der Waals surface area contributed by atoms with E-state index in [2.05, 4.69) is 30.3 Å². The van der Waals surface area contributed by atoms with E-state index >= 15 is 0 Å². The predicted molar refractivity (Wildman–Crippen MR) is 91.8 cm³/mol. The number of hydrogen-bond acceptors (Lipinski definition) is 1. The zero-order valence-electron chi connectivity index (χ0n) is 13.3. The lowest BCUT2D eigenvalue weighted by Gasteiger charge is -2.11. The maximum atomic E-state index is 11.3. The molecule has 0 bridgehead atoms. The van der Waals surface area contributed by atoms with Crippen LogP contribution in [0, 0.1) is 13.8 Å². The summed E-state index contributed by atoms with van der Waals surface area (Å²) in [5, 5.41) is 9.25. The van der Waals surface area contributed by atoms with Crippen LogP contribution < -0.4 is 0 Å². The van der Waals surface area contributed by atoms with Gasteiger partial charge in [-0.05, 0) is 42.7 Å². The van der Waals surface area contributed by atoms with Crippen molar-refractivity contribution in [2.45, 2.75) is 20.4 Å². The first kappa shape index (κ1) is 15.1. The van der Waals surface area contributed by atoms with Gasteiger partial charge in [0.25, 0.3) is 0 Å². The standard InChI is InChI=1S/C20H19NO2/c1-14-11-19(20(22)23)15(2)21(14)13-16-7-6-10-18(12-16)17-8-4-3-5-9-17/h3-12H,13H2,1-2H3,(H,22,23). The number of nitrogens with zero attached hydrogens (tertiary/aromatic N) is 1. The summed E-state index contributed by atoms with van der Waals surface area (Å²) < 4.78 is 2.05. The number of hydrogen-bond donors (Lipinski definition) is 1. The van der Waals surface area contributed by atoms with Crippen molar-refractivity contribution in [2.24, 2.45) is 0 Å². The molecule has 0 fully saturated rings. The van der Waals surface area contributed by atoms with Crippen LogP contribution in [-0.4, -0.2) is 15.6 Å². The highest BCUT2D eigenvalue weighted by Gasteiger charge is 2.14. The molecule has 0 spiro atoms. The fourth-order valence-electron chi connectivity index (χ4n) is 2.92. The maximum absolute atomic E-state index is 11.3. The summed E-state index contributed by atoms with van der Waals surface area (Å²) in [6.07, 6.45) is 0. The van der Waals surface area contributed by atoms with Crippen LogP contribution in [0.4, 0.5) is 0 Å². The summed E-state index contributed by atoms with van der Waals surface area (Å²) in [6.45, 7) is 4.48. The number of carbonyl (C=O) groups is 1. The molecule has 0 aliphatic carbocycles. The van der Waals surface area contributed by atoms with Crippen LogP contribution in [-0.2, 0) is 6.54 Å². The van der Waals surface area contributed by atoms with Crippen LogP contribution in [0.5, 0.6) is 0 Å². The second kappa shape index (κ2) is 6.13. The molecule has 1 N–H and O–H groups in total. The minimum Gasteiger partial charge on any atom is -0.478 e. The van der Waals surface area contributed by atoms with Crippen molar-refractivity contribution in [1.29, 1.82) is 0 Å². The van der Waals surface area contributed by atoms with Gasteiger partial charge in [-0.1, -0.05) is 48.5 Å². The summed E-state index contributed by atoms with van der Waals surface area (Å²) in [4.78, 5) is 11.3. The molecule has 2 aromatic carbocycles. The summed E-state index contributed by atoms with van der Waals surface area (Å²) in [5.74, 6) is -0.873. The maximum Gasteiger partial charge on any atom is 0.337 e. The fraction of sp³-hybridized carbons (Fsp3) is 0.150. The van der Waals surface area contributed by atoms with Crippen molar-refractivity contribution >= 4 is 5.97 Å². The van der Waals surface area contributed by atoms with Crippen LogP contribution >= 0.6 is 0 Å². The van der Waals surface area contributed by atoms with E-state index in [-0.39, 0.29) is 0 Å². The molecule has 1 heterocycles. The lowest BCUT2D eigenvalue weighted by molar-refractivity contribution is 0.0696. The molecule has 0 aliphatic heterocycles. The summed E-state index contributed by atoms with van der Waals surface area (Å²) >= 11 is 0. The highest BCUT2D eigenvalue weighted by atomic mass is 16.4. The molecule has 0 amide bonds. The Balaban J connectivity index is 1.94. The van der Waals surface area contributed by atoms with Crippen molar-refractivity contribution in [2.75, 3.05) is 0 Å². The molecule has 0 atom stereocenters. The van der Waals surface area contributed by atoms with E-state index in [0.29, 0.717) is 12.1 Å². The largest absolute Gasteiger partial charge is 0.478 e. The lowest BCUT2D eigenvalue weighted by atomic mass is 10.0. The second-order valence-corrected chi connectivity index (χ2v) is 5.74. The molecule has 0 aliphatic rings. The Kier molecular flexibility index (Phi) is 4.02. The SMILES string of the molecule is Cc1cc(C(=O)O)c(C)n1Cc1cccc(-c2ccccc2)c1. The lowest BCUT2D eigenvalue weighted by Crippen LogP contribution is -2.06. The van der Waals surface area contributed by atoms with Gasteiger partial charge < -0.3 is 9.67 Å². The highest BCUT2D eigenvalue weighted by molar-refractivity contribution is 5.89. The molecule has 3 nitrogen and oxygen atoms in total. The smallest absolute Gasteiger partial charge is 0.337 e. The van der Waals surface area contributed by atoms with E-state index in [1.807, 2.05) is 42.7 Å². The van der Waals surface area contributed by atoms with Crippen molar-refractivity contribution < 1.29 is 9.90 Å². The van der Waals surface area contributed by atoms with Gasteiger partial charge in [0.05, 0.1) is 5.56 Å². The fourth-order valence-corrected chi connectivity index (χ4v) is 2.92. The topological polar surface area (TPSA) is 42.2 Å². The Labute approximate surface area is 135 Å². The Morgan fingerprint density at radius 3 is 2.30 bits per heavy atom. The van der Waals surface area contributed by atoms with Gasteiger partial charge in [0.1, 0.15) is 0 Å². The molecule has 3 aromatic rings. The average Bonchev–Trinajstić information content (AvgIpc) is 2.84.